The van der Waals surface area contributed by atoms with Gasteiger partial charge in [0.25, 0.3) is 5.69 Å². The van der Waals surface area contributed by atoms with Crippen LogP contribution in [0.25, 0.3) is 0 Å². The largest absolute Gasteiger partial charge is 0.381 e. The highest BCUT2D eigenvalue weighted by Crippen LogP contribution is 2.23. The summed E-state index contributed by atoms with van der Waals surface area (Å²) in [5, 5.41) is 14.2. The van der Waals surface area contributed by atoms with Crippen LogP contribution in [0.4, 0.5) is 5.69 Å². The van der Waals surface area contributed by atoms with Crippen molar-refractivity contribution < 1.29 is 9.66 Å². The normalized spacial score (nSPS) is 19.1. The zero-order chi connectivity index (χ0) is 13.0. The molecule has 1 saturated heterocycles. The standard InChI is InChI=1S/C12H15BrN2O3/c13-11-1-2-12(15(16)17)10(5-11)7-14-6-9-3-4-18-8-9/h1-2,5,9,14H,3-4,6-8H2. The van der Waals surface area contributed by atoms with Crippen LogP contribution in [-0.4, -0.2) is 24.7 Å². The monoisotopic (exact) mass is 314 g/mol. The van der Waals surface area contributed by atoms with Crippen LogP contribution in [0.15, 0.2) is 22.7 Å². The van der Waals surface area contributed by atoms with E-state index in [0.29, 0.717) is 18.0 Å². The molecule has 0 aliphatic carbocycles. The first-order chi connectivity index (χ1) is 8.66. The van der Waals surface area contributed by atoms with Crippen LogP contribution in [0.3, 0.4) is 0 Å². The fourth-order valence-corrected chi connectivity index (χ4v) is 2.44. The van der Waals surface area contributed by atoms with Gasteiger partial charge < -0.3 is 10.1 Å². The van der Waals surface area contributed by atoms with Crippen LogP contribution in [0.1, 0.15) is 12.0 Å². The van der Waals surface area contributed by atoms with Crippen LogP contribution in [0.2, 0.25) is 0 Å². The number of hydrogen-bond acceptors (Lipinski definition) is 4. The SMILES string of the molecule is O=[N+]([O-])c1ccc(Br)cc1CNCC1CCOC1. The molecule has 1 heterocycles. The van der Waals surface area contributed by atoms with Crippen LogP contribution in [0.5, 0.6) is 0 Å². The molecule has 0 spiro atoms. The molecule has 98 valence electrons. The van der Waals surface area contributed by atoms with Crippen molar-refractivity contribution in [1.82, 2.24) is 5.32 Å². The summed E-state index contributed by atoms with van der Waals surface area (Å²) < 4.78 is 6.14. The number of ether oxygens (including phenoxy) is 1. The molecule has 0 amide bonds. The fourth-order valence-electron chi connectivity index (χ4n) is 2.03. The van der Waals surface area contributed by atoms with E-state index in [9.17, 15) is 10.1 Å². The molecule has 0 aromatic heterocycles. The summed E-state index contributed by atoms with van der Waals surface area (Å²) in [5.41, 5.74) is 0.863. The Hall–Kier alpha value is -0.980. The number of hydrogen-bond donors (Lipinski definition) is 1. The molecule has 0 saturated carbocycles. The summed E-state index contributed by atoms with van der Waals surface area (Å²) >= 11 is 3.33. The molecule has 0 bridgehead atoms. The molecule has 1 unspecified atom stereocenters. The van der Waals surface area contributed by atoms with E-state index < -0.39 is 0 Å². The summed E-state index contributed by atoms with van der Waals surface area (Å²) in [6.07, 6.45) is 1.06. The predicted octanol–water partition coefficient (Wildman–Crippen LogP) is 2.48. The number of halogens is 1. The Bertz CT molecular complexity index is 433. The molecule has 2 rings (SSSR count). The number of nitro benzene ring substituents is 1. The van der Waals surface area contributed by atoms with E-state index >= 15 is 0 Å². The Balaban J connectivity index is 1.94. The lowest BCUT2D eigenvalue weighted by molar-refractivity contribution is -0.385. The van der Waals surface area contributed by atoms with Crippen molar-refractivity contribution in [2.45, 2.75) is 13.0 Å². The van der Waals surface area contributed by atoms with Gasteiger partial charge in [0.15, 0.2) is 0 Å². The highest BCUT2D eigenvalue weighted by Gasteiger charge is 2.17. The highest BCUT2D eigenvalue weighted by molar-refractivity contribution is 9.10. The van der Waals surface area contributed by atoms with Crippen LogP contribution >= 0.6 is 15.9 Å². The Labute approximate surface area is 114 Å². The van der Waals surface area contributed by atoms with Gasteiger partial charge in [0.05, 0.1) is 11.5 Å². The van der Waals surface area contributed by atoms with Crippen molar-refractivity contribution in [3.8, 4) is 0 Å². The maximum atomic E-state index is 10.9. The van der Waals surface area contributed by atoms with Crippen LogP contribution in [0, 0.1) is 16.0 Å². The van der Waals surface area contributed by atoms with Gasteiger partial charge in [-0.15, -0.1) is 0 Å². The third-order valence-electron chi connectivity index (χ3n) is 3.01. The number of nitrogens with one attached hydrogen (secondary N) is 1. The molecule has 1 aliphatic rings. The maximum Gasteiger partial charge on any atom is 0.273 e. The first kappa shape index (κ1) is 13.5. The summed E-state index contributed by atoms with van der Waals surface area (Å²) in [5.74, 6) is 0.524. The molecule has 1 atom stereocenters. The molecule has 6 heteroatoms. The minimum absolute atomic E-state index is 0.161. The number of rotatable bonds is 5. The predicted molar refractivity (Wildman–Crippen MR) is 71.4 cm³/mol. The molecular formula is C12H15BrN2O3. The second-order valence-electron chi connectivity index (χ2n) is 4.39. The lowest BCUT2D eigenvalue weighted by Crippen LogP contribution is -2.23. The summed E-state index contributed by atoms with van der Waals surface area (Å²) in [4.78, 5) is 10.5. The number of benzene rings is 1. The van der Waals surface area contributed by atoms with Gasteiger partial charge in [0.1, 0.15) is 0 Å². The molecule has 1 fully saturated rings. The van der Waals surface area contributed by atoms with E-state index in [1.807, 2.05) is 0 Å². The molecular weight excluding hydrogens is 300 g/mol. The van der Waals surface area contributed by atoms with Gasteiger partial charge in [-0.1, -0.05) is 15.9 Å². The van der Waals surface area contributed by atoms with Crippen LogP contribution in [-0.2, 0) is 11.3 Å². The molecule has 18 heavy (non-hydrogen) atoms. The Kier molecular flexibility index (Phi) is 4.68. The third-order valence-corrected chi connectivity index (χ3v) is 3.50. The maximum absolute atomic E-state index is 10.9. The van der Waals surface area contributed by atoms with Crippen molar-refractivity contribution in [2.24, 2.45) is 5.92 Å². The van der Waals surface area contributed by atoms with Gasteiger partial charge in [-0.25, -0.2) is 0 Å². The van der Waals surface area contributed by atoms with E-state index in [2.05, 4.69) is 21.2 Å². The van der Waals surface area contributed by atoms with Gasteiger partial charge in [0, 0.05) is 35.8 Å². The average molecular weight is 315 g/mol. The minimum atomic E-state index is -0.345. The van der Waals surface area contributed by atoms with Gasteiger partial charge in [-0.3, -0.25) is 10.1 Å². The average Bonchev–Trinajstić information content (AvgIpc) is 2.82. The quantitative estimate of drug-likeness (QED) is 0.670. The van der Waals surface area contributed by atoms with Gasteiger partial charge >= 0.3 is 0 Å². The van der Waals surface area contributed by atoms with E-state index in [0.717, 1.165) is 30.7 Å². The first-order valence-corrected chi connectivity index (χ1v) is 6.67. The minimum Gasteiger partial charge on any atom is -0.381 e. The lowest BCUT2D eigenvalue weighted by atomic mass is 10.1. The summed E-state index contributed by atoms with van der Waals surface area (Å²) in [7, 11) is 0. The molecule has 1 aromatic carbocycles. The van der Waals surface area contributed by atoms with E-state index in [1.54, 1.807) is 12.1 Å². The number of nitro groups is 1. The molecule has 1 aromatic rings. The van der Waals surface area contributed by atoms with Crippen molar-refractivity contribution in [3.63, 3.8) is 0 Å². The van der Waals surface area contributed by atoms with Gasteiger partial charge in [0.2, 0.25) is 0 Å². The smallest absolute Gasteiger partial charge is 0.273 e. The molecule has 1 N–H and O–H groups in total. The van der Waals surface area contributed by atoms with E-state index in [-0.39, 0.29) is 10.6 Å². The van der Waals surface area contributed by atoms with Gasteiger partial charge in [-0.05, 0) is 24.5 Å². The Morgan fingerprint density at radius 1 is 1.56 bits per heavy atom. The zero-order valence-electron chi connectivity index (χ0n) is 9.89. The summed E-state index contributed by atoms with van der Waals surface area (Å²) in [6.45, 7) is 2.95. The lowest BCUT2D eigenvalue weighted by Gasteiger charge is -2.09. The van der Waals surface area contributed by atoms with Crippen molar-refractivity contribution in [1.29, 1.82) is 0 Å². The molecule has 0 radical (unpaired) electrons. The summed E-state index contributed by atoms with van der Waals surface area (Å²) in [6, 6.07) is 5.00. The van der Waals surface area contributed by atoms with Crippen molar-refractivity contribution >= 4 is 21.6 Å². The van der Waals surface area contributed by atoms with E-state index in [1.165, 1.54) is 6.07 Å². The second-order valence-corrected chi connectivity index (χ2v) is 5.31. The topological polar surface area (TPSA) is 64.4 Å². The fraction of sp³-hybridized carbons (Fsp3) is 0.500. The van der Waals surface area contributed by atoms with Gasteiger partial charge in [-0.2, -0.15) is 0 Å². The van der Waals surface area contributed by atoms with Crippen molar-refractivity contribution in [2.75, 3.05) is 19.8 Å². The Morgan fingerprint density at radius 3 is 3.06 bits per heavy atom. The Morgan fingerprint density at radius 2 is 2.39 bits per heavy atom. The first-order valence-electron chi connectivity index (χ1n) is 5.88. The van der Waals surface area contributed by atoms with Crippen LogP contribution < -0.4 is 5.32 Å². The van der Waals surface area contributed by atoms with E-state index in [4.69, 9.17) is 4.74 Å². The molecule has 5 nitrogen and oxygen atoms in total. The highest BCUT2D eigenvalue weighted by atomic mass is 79.9. The number of nitrogens with zero attached hydrogens (tertiary/aromatic N) is 1. The third kappa shape index (κ3) is 3.51. The zero-order valence-corrected chi connectivity index (χ0v) is 11.5. The molecule has 1 aliphatic heterocycles. The van der Waals surface area contributed by atoms with Crippen molar-refractivity contribution in [3.05, 3.63) is 38.3 Å². The second kappa shape index (κ2) is 6.26.